The minimum absolute atomic E-state index is 0.0981. The highest BCUT2D eigenvalue weighted by atomic mass is 32.1. The Labute approximate surface area is 176 Å². The Morgan fingerprint density at radius 1 is 1.17 bits per heavy atom. The molecule has 0 spiro atoms. The van der Waals surface area contributed by atoms with Crippen LogP contribution in [0.15, 0.2) is 46.3 Å². The van der Waals surface area contributed by atoms with Crippen LogP contribution in [0.25, 0.3) is 0 Å². The Balaban J connectivity index is 1.32. The molecule has 2 aromatic heterocycles. The number of aromatic nitrogens is 1. The molecule has 1 aromatic carbocycles. The summed E-state index contributed by atoms with van der Waals surface area (Å²) in [6.45, 7) is 3.77. The molecule has 3 aromatic rings. The van der Waals surface area contributed by atoms with E-state index in [0.717, 1.165) is 38.2 Å². The normalized spacial score (nSPS) is 15.2. The van der Waals surface area contributed by atoms with Crippen molar-refractivity contribution in [1.82, 2.24) is 15.0 Å². The van der Waals surface area contributed by atoms with E-state index in [9.17, 15) is 13.6 Å². The average Bonchev–Trinajstić information content (AvgIpc) is 3.36. The molecule has 3 heterocycles. The second-order valence-corrected chi connectivity index (χ2v) is 8.08. The van der Waals surface area contributed by atoms with Crippen molar-refractivity contribution in [1.29, 1.82) is 0 Å². The molecule has 1 fully saturated rings. The molecular formula is C21H21F2N3O3S. The van der Waals surface area contributed by atoms with E-state index in [1.54, 1.807) is 16.2 Å². The number of carbonyl (C=O) groups excluding carboxylic acids is 1. The van der Waals surface area contributed by atoms with Crippen LogP contribution < -0.4 is 4.74 Å². The SMILES string of the molecule is O=C(c1cc(COc2ccc(F)cc2F)on1)N1CCCN(Cc2cccs2)CC1. The molecular weight excluding hydrogens is 412 g/mol. The van der Waals surface area contributed by atoms with Crippen LogP contribution in [-0.2, 0) is 13.2 Å². The molecule has 1 aliphatic heterocycles. The molecule has 0 aliphatic carbocycles. The van der Waals surface area contributed by atoms with Crippen LogP contribution in [0, 0.1) is 11.6 Å². The Bertz CT molecular complexity index is 993. The number of amides is 1. The molecule has 1 saturated heterocycles. The van der Waals surface area contributed by atoms with Gasteiger partial charge in [0.25, 0.3) is 5.91 Å². The number of thiophene rings is 1. The first kappa shape index (κ1) is 20.5. The van der Waals surface area contributed by atoms with Crippen LogP contribution in [0.1, 0.15) is 27.5 Å². The number of hydrogen-bond donors (Lipinski definition) is 0. The number of halogens is 2. The molecule has 30 heavy (non-hydrogen) atoms. The first-order chi connectivity index (χ1) is 14.6. The number of ether oxygens (including phenoxy) is 1. The predicted molar refractivity (Wildman–Crippen MR) is 107 cm³/mol. The molecule has 4 rings (SSSR count). The van der Waals surface area contributed by atoms with Crippen LogP contribution in [0.2, 0.25) is 0 Å². The minimum atomic E-state index is -0.803. The summed E-state index contributed by atoms with van der Waals surface area (Å²) in [7, 11) is 0. The largest absolute Gasteiger partial charge is 0.482 e. The van der Waals surface area contributed by atoms with Gasteiger partial charge in [-0.3, -0.25) is 9.69 Å². The van der Waals surface area contributed by atoms with E-state index in [-0.39, 0.29) is 29.7 Å². The molecule has 0 unspecified atom stereocenters. The number of nitrogens with zero attached hydrogens (tertiary/aromatic N) is 3. The van der Waals surface area contributed by atoms with Gasteiger partial charge in [0.05, 0.1) is 0 Å². The van der Waals surface area contributed by atoms with Gasteiger partial charge in [0, 0.05) is 49.7 Å². The van der Waals surface area contributed by atoms with Crippen LogP contribution in [0.4, 0.5) is 8.78 Å². The van der Waals surface area contributed by atoms with Gasteiger partial charge in [0.15, 0.2) is 23.0 Å². The lowest BCUT2D eigenvalue weighted by atomic mass is 10.3. The van der Waals surface area contributed by atoms with Crippen molar-refractivity contribution < 1.29 is 22.8 Å². The van der Waals surface area contributed by atoms with Crippen molar-refractivity contribution in [2.45, 2.75) is 19.6 Å². The summed E-state index contributed by atoms with van der Waals surface area (Å²) in [5, 5.41) is 5.91. The van der Waals surface area contributed by atoms with Crippen molar-refractivity contribution in [3.63, 3.8) is 0 Å². The van der Waals surface area contributed by atoms with Crippen molar-refractivity contribution in [3.8, 4) is 5.75 Å². The number of benzene rings is 1. The molecule has 1 amide bonds. The number of hydrogen-bond acceptors (Lipinski definition) is 6. The average molecular weight is 433 g/mol. The fraction of sp³-hybridized carbons (Fsp3) is 0.333. The summed E-state index contributed by atoms with van der Waals surface area (Å²) in [5.41, 5.74) is 0.194. The molecule has 0 saturated carbocycles. The second kappa shape index (κ2) is 9.36. The molecule has 0 atom stereocenters. The first-order valence-electron chi connectivity index (χ1n) is 9.66. The van der Waals surface area contributed by atoms with Gasteiger partial charge in [-0.1, -0.05) is 11.2 Å². The molecule has 0 radical (unpaired) electrons. The molecule has 0 bridgehead atoms. The summed E-state index contributed by atoms with van der Waals surface area (Å²) in [5.74, 6) is -1.49. The quantitative estimate of drug-likeness (QED) is 0.589. The monoisotopic (exact) mass is 433 g/mol. The maximum absolute atomic E-state index is 13.6. The Hall–Kier alpha value is -2.78. The highest BCUT2D eigenvalue weighted by Crippen LogP contribution is 2.20. The zero-order valence-corrected chi connectivity index (χ0v) is 17.0. The van der Waals surface area contributed by atoms with Gasteiger partial charge in [-0.2, -0.15) is 0 Å². The Morgan fingerprint density at radius 3 is 2.87 bits per heavy atom. The highest BCUT2D eigenvalue weighted by molar-refractivity contribution is 7.09. The molecule has 1 aliphatic rings. The van der Waals surface area contributed by atoms with E-state index in [1.165, 1.54) is 17.0 Å². The van der Waals surface area contributed by atoms with Crippen LogP contribution in [-0.4, -0.2) is 47.0 Å². The summed E-state index contributed by atoms with van der Waals surface area (Å²) >= 11 is 1.74. The fourth-order valence-corrected chi connectivity index (χ4v) is 4.09. The van der Waals surface area contributed by atoms with Gasteiger partial charge in [-0.15, -0.1) is 11.3 Å². The van der Waals surface area contributed by atoms with E-state index < -0.39 is 11.6 Å². The maximum Gasteiger partial charge on any atom is 0.276 e. The van der Waals surface area contributed by atoms with Crippen molar-refractivity contribution in [3.05, 3.63) is 69.7 Å². The molecule has 9 heteroatoms. The summed E-state index contributed by atoms with van der Waals surface area (Å²) in [4.78, 5) is 18.2. The van der Waals surface area contributed by atoms with Gasteiger partial charge in [-0.25, -0.2) is 8.78 Å². The summed E-state index contributed by atoms with van der Waals surface area (Å²) in [6, 6.07) is 8.71. The van der Waals surface area contributed by atoms with Gasteiger partial charge < -0.3 is 14.2 Å². The van der Waals surface area contributed by atoms with Gasteiger partial charge >= 0.3 is 0 Å². The Morgan fingerprint density at radius 2 is 2.07 bits per heavy atom. The summed E-state index contributed by atoms with van der Waals surface area (Å²) in [6.07, 6.45) is 0.884. The van der Waals surface area contributed by atoms with E-state index in [2.05, 4.69) is 21.5 Å². The van der Waals surface area contributed by atoms with Gasteiger partial charge in [0.1, 0.15) is 12.4 Å². The lowest BCUT2D eigenvalue weighted by Crippen LogP contribution is -2.35. The first-order valence-corrected chi connectivity index (χ1v) is 10.5. The maximum atomic E-state index is 13.6. The van der Waals surface area contributed by atoms with Gasteiger partial charge in [0.2, 0.25) is 0 Å². The molecule has 158 valence electrons. The van der Waals surface area contributed by atoms with Crippen molar-refractivity contribution in [2.75, 3.05) is 26.2 Å². The van der Waals surface area contributed by atoms with E-state index in [1.807, 2.05) is 6.07 Å². The predicted octanol–water partition coefficient (Wildman–Crippen LogP) is 3.94. The van der Waals surface area contributed by atoms with E-state index >= 15 is 0 Å². The number of rotatable bonds is 6. The third-order valence-electron chi connectivity index (χ3n) is 4.88. The molecule has 6 nitrogen and oxygen atoms in total. The zero-order chi connectivity index (χ0) is 20.9. The van der Waals surface area contributed by atoms with E-state index in [0.29, 0.717) is 13.1 Å². The zero-order valence-electron chi connectivity index (χ0n) is 16.2. The van der Waals surface area contributed by atoms with Crippen LogP contribution in [0.5, 0.6) is 5.75 Å². The van der Waals surface area contributed by atoms with Gasteiger partial charge in [-0.05, 0) is 30.0 Å². The van der Waals surface area contributed by atoms with Crippen LogP contribution >= 0.6 is 11.3 Å². The number of carbonyl (C=O) groups is 1. The standard InChI is InChI=1S/C21H21F2N3O3S/c22-15-4-5-20(18(23)11-15)28-14-16-12-19(24-29-16)21(27)26-7-2-6-25(8-9-26)13-17-3-1-10-30-17/h1,3-5,10-12H,2,6-9,13-14H2. The third kappa shape index (κ3) is 5.03. The summed E-state index contributed by atoms with van der Waals surface area (Å²) < 4.78 is 37.1. The second-order valence-electron chi connectivity index (χ2n) is 7.04. The van der Waals surface area contributed by atoms with E-state index in [4.69, 9.17) is 9.26 Å². The lowest BCUT2D eigenvalue weighted by Gasteiger charge is -2.20. The van der Waals surface area contributed by atoms with Crippen molar-refractivity contribution >= 4 is 17.2 Å². The van der Waals surface area contributed by atoms with Crippen LogP contribution in [0.3, 0.4) is 0 Å². The third-order valence-corrected chi connectivity index (χ3v) is 5.74. The fourth-order valence-electron chi connectivity index (χ4n) is 3.34. The van der Waals surface area contributed by atoms with Crippen molar-refractivity contribution in [2.24, 2.45) is 0 Å². The minimum Gasteiger partial charge on any atom is -0.482 e. The topological polar surface area (TPSA) is 58.8 Å². The smallest absolute Gasteiger partial charge is 0.276 e. The molecule has 0 N–H and O–H groups in total. The Kier molecular flexibility index (Phi) is 6.39. The lowest BCUT2D eigenvalue weighted by molar-refractivity contribution is 0.0750. The highest BCUT2D eigenvalue weighted by Gasteiger charge is 2.23.